The predicted octanol–water partition coefficient (Wildman–Crippen LogP) is 10.1. The van der Waals surface area contributed by atoms with Crippen LogP contribution in [-0.4, -0.2) is 86.9 Å². The van der Waals surface area contributed by atoms with E-state index in [1.807, 2.05) is 0 Å². The minimum Gasteiger partial charge on any atom is -0.493 e. The second kappa shape index (κ2) is 23.4. The third kappa shape index (κ3) is 12.6. The second-order valence-corrected chi connectivity index (χ2v) is 18.5. The van der Waals surface area contributed by atoms with Crippen LogP contribution in [0.5, 0.6) is 57.5 Å². The summed E-state index contributed by atoms with van der Waals surface area (Å²) in [6.45, 7) is -0.208. The van der Waals surface area contributed by atoms with Gasteiger partial charge in [-0.15, -0.1) is 0 Å². The Bertz CT molecular complexity index is 3120. The van der Waals surface area contributed by atoms with Crippen molar-refractivity contribution in [2.45, 2.75) is 9.79 Å². The van der Waals surface area contributed by atoms with Gasteiger partial charge < -0.3 is 47.4 Å². The molecule has 0 fully saturated rings. The summed E-state index contributed by atoms with van der Waals surface area (Å²) in [5.41, 5.74) is 1.44. The molecule has 6 rings (SSSR count). The highest BCUT2D eigenvalue weighted by atomic mass is 35.5. The molecular weight excluding hydrogens is 990 g/mol. The van der Waals surface area contributed by atoms with E-state index in [0.29, 0.717) is 39.0 Å². The van der Waals surface area contributed by atoms with E-state index in [4.69, 9.17) is 59.0 Å². The van der Waals surface area contributed by atoms with Gasteiger partial charge >= 0.3 is 0 Å². The summed E-state index contributed by atoms with van der Waals surface area (Å²) in [7, 11) is 2.56. The SMILES string of the molecule is COc1ccc(S(=O)(=O)Nc2cc(/C=C\c3cc(OC)c(OC)c(OC)c3)cc(F)c2OC)cc1OCCOc1c(OC)cc(/C=C\c2cc(F)c(OC)c(NS(=O)(=O)c3ccc(Cl)cc3)c2)cc1OC. The number of anilines is 2. The van der Waals surface area contributed by atoms with Crippen LogP contribution in [0.2, 0.25) is 5.02 Å². The average molecular weight is 1040 g/mol. The maximum Gasteiger partial charge on any atom is 0.262 e. The zero-order chi connectivity index (χ0) is 51.5. The van der Waals surface area contributed by atoms with Gasteiger partial charge in [-0.25, -0.2) is 25.6 Å². The van der Waals surface area contributed by atoms with Crippen molar-refractivity contribution in [3.05, 3.63) is 130 Å². The summed E-state index contributed by atoms with van der Waals surface area (Å²) in [6, 6.07) is 21.2. The minimum atomic E-state index is -4.39. The van der Waals surface area contributed by atoms with E-state index < -0.39 is 31.7 Å². The largest absolute Gasteiger partial charge is 0.493 e. The number of methoxy groups -OCH3 is 8. The van der Waals surface area contributed by atoms with Crippen LogP contribution in [0, 0.1) is 11.6 Å². The second-order valence-electron chi connectivity index (χ2n) is 14.7. The Balaban J connectivity index is 1.16. The van der Waals surface area contributed by atoms with E-state index in [1.165, 1.54) is 124 Å². The summed E-state index contributed by atoms with van der Waals surface area (Å²) in [4.78, 5) is -0.331. The Kier molecular flexibility index (Phi) is 17.4. The number of halogens is 3. The van der Waals surface area contributed by atoms with E-state index in [2.05, 4.69) is 9.44 Å². The zero-order valence-corrected chi connectivity index (χ0v) is 41.9. The standard InChI is InChI=1S/C50H49ClF2N2O14S2/c1-60-41-18-17-36(71(58,59)55-40-24-31(22-38(53)48(40)66-7)9-11-32-25-43(61-2)49(67-8)44(26-32)62-3)29-42(41)68-19-20-69-50-45(63-4)27-33(28-46(50)64-5)12-10-30-21-37(52)47(65-6)39(23-30)54-70(56,57)35-15-13-34(51)14-16-35/h9-18,21-29,54-55H,19-20H2,1-8H3/b11-9-,12-10-. The lowest BCUT2D eigenvalue weighted by Gasteiger charge is -2.17. The number of ether oxygens (including phenoxy) is 10. The quantitative estimate of drug-likeness (QED) is 0.0456. The third-order valence-corrected chi connectivity index (χ3v) is 13.3. The van der Waals surface area contributed by atoms with Crippen LogP contribution in [0.1, 0.15) is 22.3 Å². The van der Waals surface area contributed by atoms with Gasteiger partial charge in [0.05, 0.1) is 78.0 Å². The molecule has 0 unspecified atom stereocenters. The number of rotatable bonds is 23. The lowest BCUT2D eigenvalue weighted by Crippen LogP contribution is -2.15. The Morgan fingerprint density at radius 2 is 0.803 bits per heavy atom. The van der Waals surface area contributed by atoms with Crippen molar-refractivity contribution >= 4 is 67.3 Å². The monoisotopic (exact) mass is 1040 g/mol. The van der Waals surface area contributed by atoms with Crippen LogP contribution in [0.4, 0.5) is 20.2 Å². The Hall–Kier alpha value is -7.55. The van der Waals surface area contributed by atoms with Crippen molar-refractivity contribution in [3.63, 3.8) is 0 Å². The van der Waals surface area contributed by atoms with Gasteiger partial charge in [0.2, 0.25) is 11.5 Å². The molecule has 0 aliphatic rings. The number of sulfonamides is 2. The molecule has 0 saturated heterocycles. The van der Waals surface area contributed by atoms with Gasteiger partial charge in [-0.1, -0.05) is 35.9 Å². The number of benzene rings is 6. The molecule has 71 heavy (non-hydrogen) atoms. The van der Waals surface area contributed by atoms with Crippen LogP contribution in [-0.2, 0) is 20.0 Å². The molecule has 0 aliphatic heterocycles. The van der Waals surface area contributed by atoms with E-state index >= 15 is 8.78 Å². The summed E-state index contributed by atoms with van der Waals surface area (Å²) < 4.78 is 145. The highest BCUT2D eigenvalue weighted by molar-refractivity contribution is 7.93. The highest BCUT2D eigenvalue weighted by Gasteiger charge is 2.23. The van der Waals surface area contributed by atoms with Crippen LogP contribution in [0.25, 0.3) is 24.3 Å². The highest BCUT2D eigenvalue weighted by Crippen LogP contribution is 2.41. The van der Waals surface area contributed by atoms with E-state index in [1.54, 1.807) is 48.6 Å². The summed E-state index contributed by atoms with van der Waals surface area (Å²) >= 11 is 5.92. The normalized spacial score (nSPS) is 11.5. The topological polar surface area (TPSA) is 185 Å². The van der Waals surface area contributed by atoms with Crippen molar-refractivity contribution in [3.8, 4) is 57.5 Å². The smallest absolute Gasteiger partial charge is 0.262 e. The Morgan fingerprint density at radius 3 is 1.23 bits per heavy atom. The summed E-state index contributed by atoms with van der Waals surface area (Å²) in [5.74, 6) is -0.105. The number of hydrogen-bond donors (Lipinski definition) is 2. The first-order chi connectivity index (χ1) is 34.0. The first kappa shape index (κ1) is 52.8. The summed E-state index contributed by atoms with van der Waals surface area (Å²) in [5, 5.41) is 0.343. The van der Waals surface area contributed by atoms with Crippen molar-refractivity contribution in [1.82, 2.24) is 0 Å². The maximum absolute atomic E-state index is 15.4. The molecule has 6 aromatic carbocycles. The predicted molar refractivity (Wildman–Crippen MR) is 266 cm³/mol. The maximum atomic E-state index is 15.4. The molecule has 21 heteroatoms. The molecule has 0 aliphatic carbocycles. The van der Waals surface area contributed by atoms with Gasteiger partial charge in [0.15, 0.2) is 57.6 Å². The average Bonchev–Trinajstić information content (AvgIpc) is 3.35. The van der Waals surface area contributed by atoms with Crippen LogP contribution in [0.15, 0.2) is 101 Å². The molecule has 6 aromatic rings. The first-order valence-electron chi connectivity index (χ1n) is 20.9. The van der Waals surface area contributed by atoms with Crippen LogP contribution < -0.4 is 56.8 Å². The van der Waals surface area contributed by atoms with Gasteiger partial charge in [0.1, 0.15) is 13.2 Å². The van der Waals surface area contributed by atoms with Crippen molar-refractivity contribution < 1.29 is 73.0 Å². The van der Waals surface area contributed by atoms with Gasteiger partial charge in [-0.3, -0.25) is 9.44 Å². The van der Waals surface area contributed by atoms with Crippen molar-refractivity contribution in [2.75, 3.05) is 79.5 Å². The fourth-order valence-corrected chi connectivity index (χ4v) is 9.21. The number of hydrogen-bond acceptors (Lipinski definition) is 14. The minimum absolute atomic E-state index is 0.0504. The van der Waals surface area contributed by atoms with E-state index in [9.17, 15) is 16.8 Å². The van der Waals surface area contributed by atoms with Gasteiger partial charge in [-0.2, -0.15) is 0 Å². The summed E-state index contributed by atoms with van der Waals surface area (Å²) in [6.07, 6.45) is 6.41. The van der Waals surface area contributed by atoms with Crippen LogP contribution >= 0.6 is 11.6 Å². The molecule has 0 amide bonds. The van der Waals surface area contributed by atoms with Gasteiger partial charge in [0.25, 0.3) is 20.0 Å². The number of nitrogens with one attached hydrogen (secondary N) is 2. The molecule has 0 radical (unpaired) electrons. The molecule has 0 atom stereocenters. The molecule has 376 valence electrons. The molecule has 2 N–H and O–H groups in total. The molecule has 0 heterocycles. The molecule has 16 nitrogen and oxygen atoms in total. The Labute approximate surface area is 415 Å². The van der Waals surface area contributed by atoms with E-state index in [-0.39, 0.29) is 80.2 Å². The zero-order valence-electron chi connectivity index (χ0n) is 39.5. The lowest BCUT2D eigenvalue weighted by molar-refractivity contribution is 0.200. The molecule has 0 aromatic heterocycles. The van der Waals surface area contributed by atoms with Crippen molar-refractivity contribution in [1.29, 1.82) is 0 Å². The van der Waals surface area contributed by atoms with E-state index in [0.717, 1.165) is 0 Å². The van der Waals surface area contributed by atoms with Gasteiger partial charge in [-0.05, 0) is 107 Å². The van der Waals surface area contributed by atoms with Gasteiger partial charge in [0, 0.05) is 11.1 Å². The molecule has 0 saturated carbocycles. The fraction of sp³-hybridized carbons (Fsp3) is 0.200. The van der Waals surface area contributed by atoms with Crippen molar-refractivity contribution in [2.24, 2.45) is 0 Å². The first-order valence-corrected chi connectivity index (χ1v) is 24.3. The third-order valence-electron chi connectivity index (χ3n) is 10.3. The van der Waals surface area contributed by atoms with Crippen LogP contribution in [0.3, 0.4) is 0 Å². The Morgan fingerprint density at radius 1 is 0.423 bits per heavy atom. The molecule has 0 spiro atoms. The molecular formula is C50H49ClF2N2O14S2. The fourth-order valence-electron chi connectivity index (χ4n) is 6.96. The lowest BCUT2D eigenvalue weighted by atomic mass is 10.1. The molecule has 0 bridgehead atoms.